The zero-order valence-corrected chi connectivity index (χ0v) is 12.4. The van der Waals surface area contributed by atoms with E-state index >= 15 is 0 Å². The Hall–Kier alpha value is -1.63. The Labute approximate surface area is 127 Å². The van der Waals surface area contributed by atoms with Crippen LogP contribution < -0.4 is 11.1 Å². The van der Waals surface area contributed by atoms with E-state index in [0.717, 1.165) is 37.1 Å². The minimum Gasteiger partial charge on any atom is -0.505 e. The Kier molecular flexibility index (Phi) is 4.10. The highest BCUT2D eigenvalue weighted by Crippen LogP contribution is 2.39. The van der Waals surface area contributed by atoms with Gasteiger partial charge in [0.25, 0.3) is 0 Å². The van der Waals surface area contributed by atoms with Gasteiger partial charge in [-0.3, -0.25) is 4.90 Å². The molecule has 0 aliphatic carbocycles. The summed E-state index contributed by atoms with van der Waals surface area (Å²) in [5.74, 6) is -0.440. The number of nitrogen functional groups attached to an aromatic ring is 1. The molecular formula is C15H18FN3OS. The average Bonchev–Trinajstić information content (AvgIpc) is 2.99. The number of nitrogens with two attached hydrogens (primary N) is 1. The van der Waals surface area contributed by atoms with Crippen molar-refractivity contribution in [2.24, 2.45) is 0 Å². The summed E-state index contributed by atoms with van der Waals surface area (Å²) in [5.41, 5.74) is 6.35. The number of thiophene rings is 1. The van der Waals surface area contributed by atoms with Gasteiger partial charge in [0.2, 0.25) is 0 Å². The number of phenolic OH excluding ortho intramolecular Hbond substituents is 1. The van der Waals surface area contributed by atoms with Crippen LogP contribution in [-0.4, -0.2) is 36.2 Å². The molecule has 21 heavy (non-hydrogen) atoms. The van der Waals surface area contributed by atoms with E-state index in [1.54, 1.807) is 11.3 Å². The molecule has 0 amide bonds. The molecule has 1 aliphatic rings. The number of nitrogens with zero attached hydrogens (tertiary/aromatic N) is 1. The van der Waals surface area contributed by atoms with Crippen LogP contribution in [0.4, 0.5) is 10.1 Å². The van der Waals surface area contributed by atoms with Crippen LogP contribution in [0.1, 0.15) is 16.5 Å². The van der Waals surface area contributed by atoms with Gasteiger partial charge in [-0.05, 0) is 17.5 Å². The lowest BCUT2D eigenvalue weighted by molar-refractivity contribution is 0.198. The number of halogens is 1. The van der Waals surface area contributed by atoms with Gasteiger partial charge in [-0.1, -0.05) is 6.07 Å². The standard InChI is InChI=1S/C15H18FN3OS/c16-10-8-11(15(20)12(17)9-10)14(13-2-1-7-21-13)19-5-3-18-4-6-19/h1-2,7-9,14,18,20H,3-6,17H2/t14-/m1/s1. The minimum atomic E-state index is -0.419. The number of aromatic hydroxyl groups is 1. The maximum absolute atomic E-state index is 13.8. The Morgan fingerprint density at radius 2 is 2.10 bits per heavy atom. The highest BCUT2D eigenvalue weighted by molar-refractivity contribution is 7.10. The number of benzene rings is 1. The molecule has 1 saturated heterocycles. The first-order valence-corrected chi connectivity index (χ1v) is 7.81. The molecule has 0 radical (unpaired) electrons. The smallest absolute Gasteiger partial charge is 0.143 e. The Bertz CT molecular complexity index is 612. The number of hydrogen-bond acceptors (Lipinski definition) is 5. The number of nitrogens with one attached hydrogen (secondary N) is 1. The quantitative estimate of drug-likeness (QED) is 0.601. The first-order valence-electron chi connectivity index (χ1n) is 6.93. The van der Waals surface area contributed by atoms with Gasteiger partial charge in [-0.15, -0.1) is 11.3 Å². The molecule has 1 aromatic carbocycles. The van der Waals surface area contributed by atoms with E-state index in [-0.39, 0.29) is 17.5 Å². The first-order chi connectivity index (χ1) is 10.2. The van der Waals surface area contributed by atoms with Crippen LogP contribution >= 0.6 is 11.3 Å². The van der Waals surface area contributed by atoms with Crippen molar-refractivity contribution in [3.8, 4) is 5.75 Å². The van der Waals surface area contributed by atoms with Gasteiger partial charge < -0.3 is 16.2 Å². The maximum atomic E-state index is 13.8. The number of hydrogen-bond donors (Lipinski definition) is 3. The molecule has 0 unspecified atom stereocenters. The van der Waals surface area contributed by atoms with Crippen molar-refractivity contribution >= 4 is 17.0 Å². The van der Waals surface area contributed by atoms with Gasteiger partial charge in [0.1, 0.15) is 11.6 Å². The molecule has 1 aromatic heterocycles. The van der Waals surface area contributed by atoms with Crippen LogP contribution in [-0.2, 0) is 0 Å². The molecule has 6 heteroatoms. The van der Waals surface area contributed by atoms with E-state index in [0.29, 0.717) is 5.56 Å². The van der Waals surface area contributed by atoms with Crippen LogP contribution in [0.3, 0.4) is 0 Å². The van der Waals surface area contributed by atoms with E-state index in [1.165, 1.54) is 6.07 Å². The fraction of sp³-hybridized carbons (Fsp3) is 0.333. The lowest BCUT2D eigenvalue weighted by Crippen LogP contribution is -2.45. The average molecular weight is 307 g/mol. The van der Waals surface area contributed by atoms with Gasteiger partial charge in [0.15, 0.2) is 0 Å². The zero-order chi connectivity index (χ0) is 14.8. The van der Waals surface area contributed by atoms with Crippen molar-refractivity contribution in [1.29, 1.82) is 0 Å². The lowest BCUT2D eigenvalue weighted by Gasteiger charge is -2.35. The van der Waals surface area contributed by atoms with Gasteiger partial charge in [0, 0.05) is 42.7 Å². The molecule has 4 N–H and O–H groups in total. The third-order valence-corrected chi connectivity index (χ3v) is 4.68. The second-order valence-corrected chi connectivity index (χ2v) is 6.12. The second kappa shape index (κ2) is 6.01. The molecule has 0 spiro atoms. The van der Waals surface area contributed by atoms with Gasteiger partial charge in [-0.25, -0.2) is 4.39 Å². The van der Waals surface area contributed by atoms with E-state index in [4.69, 9.17) is 5.73 Å². The molecule has 1 aliphatic heterocycles. The molecule has 1 atom stereocenters. The fourth-order valence-corrected chi connectivity index (χ4v) is 3.64. The number of rotatable bonds is 3. The summed E-state index contributed by atoms with van der Waals surface area (Å²) in [5, 5.41) is 15.6. The summed E-state index contributed by atoms with van der Waals surface area (Å²) in [6.45, 7) is 3.46. The van der Waals surface area contributed by atoms with Crippen molar-refractivity contribution in [2.45, 2.75) is 6.04 Å². The normalized spacial score (nSPS) is 17.8. The lowest BCUT2D eigenvalue weighted by atomic mass is 10.0. The van der Waals surface area contributed by atoms with E-state index in [9.17, 15) is 9.50 Å². The molecule has 2 aromatic rings. The Morgan fingerprint density at radius 1 is 1.33 bits per heavy atom. The molecule has 2 heterocycles. The monoisotopic (exact) mass is 307 g/mol. The van der Waals surface area contributed by atoms with Crippen LogP contribution in [0.15, 0.2) is 29.6 Å². The van der Waals surface area contributed by atoms with E-state index < -0.39 is 5.82 Å². The van der Waals surface area contributed by atoms with Crippen molar-refractivity contribution < 1.29 is 9.50 Å². The maximum Gasteiger partial charge on any atom is 0.143 e. The van der Waals surface area contributed by atoms with Crippen molar-refractivity contribution in [2.75, 3.05) is 31.9 Å². The fourth-order valence-electron chi connectivity index (χ4n) is 2.77. The molecule has 1 fully saturated rings. The molecule has 0 bridgehead atoms. The summed E-state index contributed by atoms with van der Waals surface area (Å²) < 4.78 is 13.8. The molecule has 3 rings (SSSR count). The highest BCUT2D eigenvalue weighted by atomic mass is 32.1. The van der Waals surface area contributed by atoms with Crippen LogP contribution in [0.5, 0.6) is 5.75 Å². The largest absolute Gasteiger partial charge is 0.505 e. The van der Waals surface area contributed by atoms with Crippen molar-refractivity contribution in [3.05, 3.63) is 45.9 Å². The summed E-state index contributed by atoms with van der Waals surface area (Å²) >= 11 is 1.60. The van der Waals surface area contributed by atoms with Crippen LogP contribution in [0.25, 0.3) is 0 Å². The van der Waals surface area contributed by atoms with Gasteiger partial charge in [-0.2, -0.15) is 0 Å². The predicted molar refractivity (Wildman–Crippen MR) is 83.1 cm³/mol. The van der Waals surface area contributed by atoms with E-state index in [1.807, 2.05) is 17.5 Å². The summed E-state index contributed by atoms with van der Waals surface area (Å²) in [6.07, 6.45) is 0. The summed E-state index contributed by atoms with van der Waals surface area (Å²) in [6, 6.07) is 6.36. The Balaban J connectivity index is 2.07. The zero-order valence-electron chi connectivity index (χ0n) is 11.6. The second-order valence-electron chi connectivity index (χ2n) is 5.14. The summed E-state index contributed by atoms with van der Waals surface area (Å²) in [4.78, 5) is 3.33. The molecule has 0 saturated carbocycles. The number of piperazine rings is 1. The van der Waals surface area contributed by atoms with Gasteiger partial charge >= 0.3 is 0 Å². The van der Waals surface area contributed by atoms with Gasteiger partial charge in [0.05, 0.1) is 11.7 Å². The predicted octanol–water partition coefficient (Wildman–Crippen LogP) is 2.17. The molecular weight excluding hydrogens is 289 g/mol. The van der Waals surface area contributed by atoms with Crippen molar-refractivity contribution in [1.82, 2.24) is 10.2 Å². The van der Waals surface area contributed by atoms with Crippen LogP contribution in [0.2, 0.25) is 0 Å². The number of phenols is 1. The Morgan fingerprint density at radius 3 is 2.76 bits per heavy atom. The summed E-state index contributed by atoms with van der Waals surface area (Å²) in [7, 11) is 0. The minimum absolute atomic E-state index is 0.0201. The molecule has 4 nitrogen and oxygen atoms in total. The highest BCUT2D eigenvalue weighted by Gasteiger charge is 2.28. The first kappa shape index (κ1) is 14.3. The van der Waals surface area contributed by atoms with Crippen molar-refractivity contribution in [3.63, 3.8) is 0 Å². The van der Waals surface area contributed by atoms with Crippen LogP contribution in [0, 0.1) is 5.82 Å². The SMILES string of the molecule is Nc1cc(F)cc([C@H](c2cccs2)N2CCNCC2)c1O. The molecule has 112 valence electrons. The number of anilines is 1. The topological polar surface area (TPSA) is 61.5 Å². The third-order valence-electron chi connectivity index (χ3n) is 3.76. The third kappa shape index (κ3) is 2.88. The van der Waals surface area contributed by atoms with E-state index in [2.05, 4.69) is 10.2 Å².